The first-order valence-electron chi connectivity index (χ1n) is 10.1. The van der Waals surface area contributed by atoms with E-state index in [4.69, 9.17) is 16.1 Å². The van der Waals surface area contributed by atoms with Crippen LogP contribution >= 0.6 is 11.6 Å². The van der Waals surface area contributed by atoms with Gasteiger partial charge in [0.2, 0.25) is 11.7 Å². The van der Waals surface area contributed by atoms with Crippen LogP contribution in [0, 0.1) is 0 Å². The van der Waals surface area contributed by atoms with E-state index in [-0.39, 0.29) is 0 Å². The summed E-state index contributed by atoms with van der Waals surface area (Å²) in [5.74, 6) is 1.93. The molecule has 0 spiro atoms. The fourth-order valence-corrected chi connectivity index (χ4v) is 3.63. The molecular weight excluding hydrogens is 400 g/mol. The van der Waals surface area contributed by atoms with Crippen LogP contribution < -0.4 is 15.5 Å². The van der Waals surface area contributed by atoms with Gasteiger partial charge in [-0.15, -0.1) is 0 Å². The smallest absolute Gasteiger partial charge is 0.228 e. The fraction of sp³-hybridized carbons (Fsp3) is 0.318. The second-order valence-electron chi connectivity index (χ2n) is 7.18. The molecule has 1 saturated heterocycles. The van der Waals surface area contributed by atoms with Crippen LogP contribution in [-0.2, 0) is 6.42 Å². The van der Waals surface area contributed by atoms with Crippen LogP contribution in [0.1, 0.15) is 12.3 Å². The number of halogens is 1. The number of guanidine groups is 1. The van der Waals surface area contributed by atoms with Crippen LogP contribution in [0.5, 0.6) is 0 Å². The molecule has 0 radical (unpaired) electrons. The van der Waals surface area contributed by atoms with E-state index < -0.39 is 0 Å². The van der Waals surface area contributed by atoms with Crippen molar-refractivity contribution in [1.82, 2.24) is 20.8 Å². The van der Waals surface area contributed by atoms with E-state index in [1.54, 1.807) is 7.05 Å². The number of hydrogen-bond donors (Lipinski definition) is 2. The molecule has 1 fully saturated rings. The van der Waals surface area contributed by atoms with Gasteiger partial charge < -0.3 is 20.1 Å². The first-order chi connectivity index (χ1) is 14.7. The Kier molecular flexibility index (Phi) is 6.49. The predicted octanol–water partition coefficient (Wildman–Crippen LogP) is 3.38. The Bertz CT molecular complexity index is 973. The Labute approximate surface area is 181 Å². The van der Waals surface area contributed by atoms with E-state index in [1.807, 2.05) is 30.3 Å². The number of rotatable bonds is 6. The van der Waals surface area contributed by atoms with Gasteiger partial charge >= 0.3 is 0 Å². The molecule has 7 nitrogen and oxygen atoms in total. The van der Waals surface area contributed by atoms with Crippen molar-refractivity contribution in [2.24, 2.45) is 4.99 Å². The zero-order chi connectivity index (χ0) is 20.8. The van der Waals surface area contributed by atoms with Gasteiger partial charge in [-0.2, -0.15) is 4.98 Å². The molecule has 4 rings (SSSR count). The highest BCUT2D eigenvalue weighted by Crippen LogP contribution is 2.20. The summed E-state index contributed by atoms with van der Waals surface area (Å²) < 4.78 is 5.36. The van der Waals surface area contributed by atoms with Crippen molar-refractivity contribution in [2.45, 2.75) is 18.9 Å². The van der Waals surface area contributed by atoms with Gasteiger partial charge in [0, 0.05) is 55.4 Å². The Morgan fingerprint density at radius 3 is 2.77 bits per heavy atom. The molecule has 1 aliphatic heterocycles. The summed E-state index contributed by atoms with van der Waals surface area (Å²) in [5.41, 5.74) is 2.14. The number of benzene rings is 2. The van der Waals surface area contributed by atoms with Crippen molar-refractivity contribution in [2.75, 3.05) is 31.6 Å². The van der Waals surface area contributed by atoms with Crippen molar-refractivity contribution in [3.8, 4) is 11.4 Å². The second kappa shape index (κ2) is 9.63. The van der Waals surface area contributed by atoms with E-state index in [9.17, 15) is 0 Å². The summed E-state index contributed by atoms with van der Waals surface area (Å²) in [6, 6.07) is 18.2. The van der Waals surface area contributed by atoms with E-state index in [1.165, 1.54) is 5.69 Å². The first kappa shape index (κ1) is 20.2. The maximum Gasteiger partial charge on any atom is 0.228 e. The summed E-state index contributed by atoms with van der Waals surface area (Å²) >= 11 is 5.92. The minimum absolute atomic E-state index is 0.358. The number of anilines is 1. The van der Waals surface area contributed by atoms with Gasteiger partial charge in [0.1, 0.15) is 0 Å². The van der Waals surface area contributed by atoms with E-state index in [0.717, 1.165) is 31.0 Å². The summed E-state index contributed by atoms with van der Waals surface area (Å²) in [4.78, 5) is 11.2. The third-order valence-corrected chi connectivity index (χ3v) is 5.33. The molecular formula is C22H25ClN6O. The van der Waals surface area contributed by atoms with Crippen LogP contribution in [-0.4, -0.2) is 48.8 Å². The average Bonchev–Trinajstić information content (AvgIpc) is 3.44. The first-order valence-corrected chi connectivity index (χ1v) is 10.4. The predicted molar refractivity (Wildman–Crippen MR) is 120 cm³/mol. The molecule has 2 aromatic carbocycles. The van der Waals surface area contributed by atoms with Crippen molar-refractivity contribution in [1.29, 1.82) is 0 Å². The zero-order valence-electron chi connectivity index (χ0n) is 16.9. The molecule has 156 valence electrons. The van der Waals surface area contributed by atoms with Crippen LogP contribution in [0.15, 0.2) is 64.1 Å². The normalized spacial score (nSPS) is 16.7. The third-order valence-electron chi connectivity index (χ3n) is 5.08. The SMILES string of the molecule is CN=C(NCCc1nc(-c2ccc(Cl)cc2)no1)NC1CCN(c2ccccc2)C1. The molecule has 1 atom stereocenters. The maximum atomic E-state index is 5.92. The van der Waals surface area contributed by atoms with Gasteiger partial charge in [0.25, 0.3) is 0 Å². The summed E-state index contributed by atoms with van der Waals surface area (Å²) in [6.45, 7) is 2.64. The number of aliphatic imine (C=N–C) groups is 1. The highest BCUT2D eigenvalue weighted by Gasteiger charge is 2.23. The van der Waals surface area contributed by atoms with Crippen molar-refractivity contribution < 1.29 is 4.52 Å². The Morgan fingerprint density at radius 1 is 1.20 bits per heavy atom. The largest absolute Gasteiger partial charge is 0.369 e. The minimum atomic E-state index is 0.358. The molecule has 2 heterocycles. The van der Waals surface area contributed by atoms with E-state index in [0.29, 0.717) is 35.7 Å². The van der Waals surface area contributed by atoms with Crippen LogP contribution in [0.4, 0.5) is 5.69 Å². The number of nitrogens with zero attached hydrogens (tertiary/aromatic N) is 4. The quantitative estimate of drug-likeness (QED) is 0.466. The zero-order valence-corrected chi connectivity index (χ0v) is 17.6. The Hall–Kier alpha value is -3.06. The van der Waals surface area contributed by atoms with Gasteiger partial charge in [-0.25, -0.2) is 0 Å². The standard InChI is InChI=1S/C22H25ClN6O/c1-24-22(26-18-12-14-29(15-18)19-5-3-2-4-6-19)25-13-11-20-27-21(28-30-20)16-7-9-17(23)10-8-16/h2-10,18H,11-15H2,1H3,(H2,24,25,26). The van der Waals surface area contributed by atoms with Crippen molar-refractivity contribution in [3.05, 3.63) is 65.5 Å². The lowest BCUT2D eigenvalue weighted by Crippen LogP contribution is -2.45. The minimum Gasteiger partial charge on any atom is -0.369 e. The average molecular weight is 425 g/mol. The molecule has 0 amide bonds. The lowest BCUT2D eigenvalue weighted by molar-refractivity contribution is 0.378. The third kappa shape index (κ3) is 5.10. The number of aromatic nitrogens is 2. The molecule has 30 heavy (non-hydrogen) atoms. The molecule has 0 saturated carbocycles. The van der Waals surface area contributed by atoms with E-state index in [2.05, 4.69) is 54.9 Å². The fourth-order valence-electron chi connectivity index (χ4n) is 3.50. The Morgan fingerprint density at radius 2 is 2.00 bits per heavy atom. The van der Waals surface area contributed by atoms with Gasteiger partial charge in [0.05, 0.1) is 0 Å². The van der Waals surface area contributed by atoms with Gasteiger partial charge in [-0.1, -0.05) is 35.0 Å². The highest BCUT2D eigenvalue weighted by molar-refractivity contribution is 6.30. The lowest BCUT2D eigenvalue weighted by Gasteiger charge is -2.20. The molecule has 2 N–H and O–H groups in total. The Balaban J connectivity index is 1.24. The lowest BCUT2D eigenvalue weighted by atomic mass is 10.2. The second-order valence-corrected chi connectivity index (χ2v) is 7.62. The number of hydrogen-bond acceptors (Lipinski definition) is 5. The van der Waals surface area contributed by atoms with Gasteiger partial charge in [0.15, 0.2) is 5.96 Å². The highest BCUT2D eigenvalue weighted by atomic mass is 35.5. The summed E-state index contributed by atoms with van der Waals surface area (Å²) in [7, 11) is 1.78. The monoisotopic (exact) mass is 424 g/mol. The summed E-state index contributed by atoms with van der Waals surface area (Å²) in [5, 5.41) is 11.6. The topological polar surface area (TPSA) is 78.6 Å². The number of nitrogens with one attached hydrogen (secondary N) is 2. The summed E-state index contributed by atoms with van der Waals surface area (Å²) in [6.07, 6.45) is 1.69. The molecule has 1 aromatic heterocycles. The number of para-hydroxylation sites is 1. The molecule has 8 heteroatoms. The van der Waals surface area contributed by atoms with Crippen LogP contribution in [0.25, 0.3) is 11.4 Å². The molecule has 1 unspecified atom stereocenters. The molecule has 0 bridgehead atoms. The van der Waals surface area contributed by atoms with E-state index >= 15 is 0 Å². The maximum absolute atomic E-state index is 5.92. The molecule has 0 aliphatic carbocycles. The van der Waals surface area contributed by atoms with Crippen LogP contribution in [0.2, 0.25) is 5.02 Å². The van der Waals surface area contributed by atoms with Crippen molar-refractivity contribution in [3.63, 3.8) is 0 Å². The van der Waals surface area contributed by atoms with Crippen LogP contribution in [0.3, 0.4) is 0 Å². The van der Waals surface area contributed by atoms with Crippen molar-refractivity contribution >= 4 is 23.2 Å². The molecule has 1 aliphatic rings. The van der Waals surface area contributed by atoms with Gasteiger partial charge in [-0.05, 0) is 42.8 Å². The van der Waals surface area contributed by atoms with Gasteiger partial charge in [-0.3, -0.25) is 4.99 Å². The molecule has 3 aromatic rings.